The van der Waals surface area contributed by atoms with Crippen molar-refractivity contribution in [3.8, 4) is 0 Å². The SMILES string of the molecule is Cc1ccc(C(=O)O[C@H](C(=O)O)[C@H](OC(=O)c2ccc(C)cc2)C(=O)O)cc1.O=C1C2CCN(CC2)[C@H]1Cc1cccnc1. The van der Waals surface area contributed by atoms with Crippen molar-refractivity contribution in [3.63, 3.8) is 0 Å². The first-order valence-electron chi connectivity index (χ1n) is 14.2. The van der Waals surface area contributed by atoms with Gasteiger partial charge in [-0.1, -0.05) is 41.5 Å². The number of hydrogen-bond acceptors (Lipinski definition) is 9. The molecule has 3 aliphatic heterocycles. The lowest BCUT2D eigenvalue weighted by Crippen LogP contribution is -2.56. The van der Waals surface area contributed by atoms with E-state index in [1.807, 2.05) is 12.3 Å². The van der Waals surface area contributed by atoms with Crippen LogP contribution in [0.5, 0.6) is 0 Å². The molecule has 230 valence electrons. The van der Waals surface area contributed by atoms with Crippen LogP contribution in [0.4, 0.5) is 0 Å². The highest BCUT2D eigenvalue weighted by Crippen LogP contribution is 2.30. The van der Waals surface area contributed by atoms with Gasteiger partial charge in [0.05, 0.1) is 17.2 Å². The molecule has 2 aromatic carbocycles. The lowest BCUT2D eigenvalue weighted by atomic mass is 9.80. The molecule has 3 aromatic rings. The monoisotopic (exact) mass is 602 g/mol. The van der Waals surface area contributed by atoms with Crippen molar-refractivity contribution in [3.05, 3.63) is 101 Å². The second-order valence-electron chi connectivity index (χ2n) is 10.9. The number of carboxylic acid groups (broad SMARTS) is 2. The molecule has 0 aliphatic carbocycles. The Labute approximate surface area is 254 Å². The fourth-order valence-electron chi connectivity index (χ4n) is 5.15. The maximum Gasteiger partial charge on any atom is 0.349 e. The van der Waals surface area contributed by atoms with E-state index in [1.165, 1.54) is 29.8 Å². The third-order valence-electron chi connectivity index (χ3n) is 7.66. The number of carbonyl (C=O) groups excluding carboxylic acids is 3. The number of piperidine rings is 3. The summed E-state index contributed by atoms with van der Waals surface area (Å²) in [4.78, 5) is 65.9. The van der Waals surface area contributed by atoms with Gasteiger partial charge in [-0.2, -0.15) is 0 Å². The largest absolute Gasteiger partial charge is 0.478 e. The van der Waals surface area contributed by atoms with Crippen molar-refractivity contribution < 1.29 is 43.7 Å². The van der Waals surface area contributed by atoms with Crippen LogP contribution in [0.25, 0.3) is 0 Å². The number of aliphatic carboxylic acids is 2. The first-order valence-corrected chi connectivity index (χ1v) is 14.2. The van der Waals surface area contributed by atoms with Crippen molar-refractivity contribution in [1.82, 2.24) is 9.88 Å². The van der Waals surface area contributed by atoms with Gasteiger partial charge >= 0.3 is 23.9 Å². The maximum absolute atomic E-state index is 12.2. The number of ether oxygens (including phenoxy) is 2. The number of esters is 2. The van der Waals surface area contributed by atoms with E-state index in [2.05, 4.69) is 16.0 Å². The number of Topliss-reactive ketones (excluding diaryl/α,β-unsaturated/α-hetero) is 1. The van der Waals surface area contributed by atoms with E-state index < -0.39 is 36.1 Å². The number of benzene rings is 2. The Hall–Kier alpha value is -4.90. The number of aromatic nitrogens is 1. The molecule has 2 bridgehead atoms. The lowest BCUT2D eigenvalue weighted by molar-refractivity contribution is -0.166. The molecule has 0 radical (unpaired) electrons. The van der Waals surface area contributed by atoms with Gasteiger partial charge in [-0.3, -0.25) is 14.7 Å². The summed E-state index contributed by atoms with van der Waals surface area (Å²) in [5, 5.41) is 18.6. The molecule has 11 nitrogen and oxygen atoms in total. The summed E-state index contributed by atoms with van der Waals surface area (Å²) in [6.45, 7) is 5.78. The summed E-state index contributed by atoms with van der Waals surface area (Å²) in [7, 11) is 0. The van der Waals surface area contributed by atoms with Gasteiger partial charge in [0.25, 0.3) is 0 Å². The van der Waals surface area contributed by atoms with Crippen molar-refractivity contribution >= 4 is 29.7 Å². The second-order valence-corrected chi connectivity index (χ2v) is 10.9. The quantitative estimate of drug-likeness (QED) is 0.345. The van der Waals surface area contributed by atoms with Crippen LogP contribution in [0.15, 0.2) is 73.1 Å². The van der Waals surface area contributed by atoms with Crippen LogP contribution in [0.2, 0.25) is 0 Å². The Kier molecular flexibility index (Phi) is 10.6. The van der Waals surface area contributed by atoms with E-state index in [0.29, 0.717) is 11.7 Å². The fourth-order valence-corrected chi connectivity index (χ4v) is 5.15. The molecule has 0 unspecified atom stereocenters. The molecule has 1 aromatic heterocycles. The Morgan fingerprint density at radius 2 is 1.30 bits per heavy atom. The predicted octanol–water partition coefficient (Wildman–Crippen LogP) is 3.51. The summed E-state index contributed by atoms with van der Waals surface area (Å²) < 4.78 is 9.64. The zero-order chi connectivity index (χ0) is 31.8. The van der Waals surface area contributed by atoms with Gasteiger partial charge in [0.1, 0.15) is 0 Å². The van der Waals surface area contributed by atoms with Gasteiger partial charge < -0.3 is 19.7 Å². The topological polar surface area (TPSA) is 160 Å². The molecule has 0 saturated carbocycles. The normalized spacial score (nSPS) is 20.0. The zero-order valence-corrected chi connectivity index (χ0v) is 24.4. The van der Waals surface area contributed by atoms with Crippen LogP contribution < -0.4 is 0 Å². The predicted molar refractivity (Wildman–Crippen MR) is 157 cm³/mol. The fraction of sp³-hybridized carbons (Fsp3) is 0.333. The van der Waals surface area contributed by atoms with Gasteiger partial charge in [-0.05, 0) is 82.1 Å². The van der Waals surface area contributed by atoms with E-state index >= 15 is 0 Å². The number of aryl methyl sites for hydroxylation is 2. The van der Waals surface area contributed by atoms with Gasteiger partial charge in [0.2, 0.25) is 12.2 Å². The third kappa shape index (κ3) is 8.13. The minimum absolute atomic E-state index is 0.0332. The van der Waals surface area contributed by atoms with E-state index in [0.717, 1.165) is 43.5 Å². The minimum Gasteiger partial charge on any atom is -0.478 e. The molecular formula is C33H34N2O9. The smallest absolute Gasteiger partial charge is 0.349 e. The van der Waals surface area contributed by atoms with Gasteiger partial charge in [-0.25, -0.2) is 19.2 Å². The van der Waals surface area contributed by atoms with Gasteiger partial charge in [0, 0.05) is 18.3 Å². The first kappa shape index (κ1) is 32.0. The van der Waals surface area contributed by atoms with E-state index in [4.69, 9.17) is 9.47 Å². The molecule has 44 heavy (non-hydrogen) atoms. The standard InChI is InChI=1S/C20H18O8.C13H16N2O/c1-11-3-7-13(8-4-11)19(25)27-15(17(21)22)16(18(23)24)28-20(26)14-9-5-12(2)6-10-14;16-13-11-3-6-15(7-4-11)12(13)8-10-2-1-5-14-9-10/h3-10,15-16H,1-2H3,(H,21,22)(H,23,24);1-2,5,9,11-12H,3-4,6-8H2/t15-,16-;12-/m00/s1. The van der Waals surface area contributed by atoms with Crippen molar-refractivity contribution in [2.45, 2.75) is 51.4 Å². The molecule has 3 saturated heterocycles. The highest BCUT2D eigenvalue weighted by Gasteiger charge is 2.42. The number of fused-ring (bicyclic) bond motifs is 3. The zero-order valence-electron chi connectivity index (χ0n) is 24.4. The number of pyridine rings is 1. The van der Waals surface area contributed by atoms with Crippen molar-refractivity contribution in [1.29, 1.82) is 0 Å². The number of carboxylic acids is 2. The van der Waals surface area contributed by atoms with Crippen LogP contribution in [0.3, 0.4) is 0 Å². The molecule has 3 aliphatic rings. The Bertz CT molecular complexity index is 1410. The molecule has 0 amide bonds. The summed E-state index contributed by atoms with van der Waals surface area (Å²) in [6.07, 6.45) is 2.19. The van der Waals surface area contributed by atoms with Gasteiger partial charge in [-0.15, -0.1) is 0 Å². The average Bonchev–Trinajstić information content (AvgIpc) is 3.02. The van der Waals surface area contributed by atoms with E-state index in [9.17, 15) is 34.2 Å². The van der Waals surface area contributed by atoms with Crippen molar-refractivity contribution in [2.24, 2.45) is 5.92 Å². The first-order chi connectivity index (χ1) is 21.0. The highest BCUT2D eigenvalue weighted by atomic mass is 16.6. The van der Waals surface area contributed by atoms with Crippen LogP contribution in [0, 0.1) is 19.8 Å². The molecule has 6 rings (SSSR count). The van der Waals surface area contributed by atoms with Crippen LogP contribution in [-0.4, -0.2) is 81.1 Å². The summed E-state index contributed by atoms with van der Waals surface area (Å²) in [5.74, 6) is -4.82. The number of rotatable bonds is 9. The number of ketones is 1. The van der Waals surface area contributed by atoms with Crippen LogP contribution in [-0.2, 0) is 30.3 Å². The Morgan fingerprint density at radius 1 is 0.818 bits per heavy atom. The Morgan fingerprint density at radius 3 is 1.68 bits per heavy atom. The number of carbonyl (C=O) groups is 5. The average molecular weight is 603 g/mol. The molecule has 4 heterocycles. The molecule has 3 atom stereocenters. The molecule has 3 fully saturated rings. The number of nitrogens with zero attached hydrogens (tertiary/aromatic N) is 2. The highest BCUT2D eigenvalue weighted by molar-refractivity contribution is 5.95. The summed E-state index contributed by atoms with van der Waals surface area (Å²) >= 11 is 0. The minimum atomic E-state index is -2.22. The lowest BCUT2D eigenvalue weighted by Gasteiger charge is -2.44. The maximum atomic E-state index is 12.2. The molecule has 2 N–H and O–H groups in total. The van der Waals surface area contributed by atoms with Gasteiger partial charge in [0.15, 0.2) is 5.78 Å². The van der Waals surface area contributed by atoms with Crippen LogP contribution in [0.1, 0.15) is 50.2 Å². The number of hydrogen-bond donors (Lipinski definition) is 2. The summed E-state index contributed by atoms with van der Waals surface area (Å²) in [5.41, 5.74) is 2.97. The Balaban J connectivity index is 0.000000231. The molecule has 0 spiro atoms. The van der Waals surface area contributed by atoms with Crippen LogP contribution >= 0.6 is 0 Å². The van der Waals surface area contributed by atoms with E-state index in [1.54, 1.807) is 44.3 Å². The molecule has 11 heteroatoms. The summed E-state index contributed by atoms with van der Waals surface area (Å²) in [6, 6.07) is 16.2. The molecular weight excluding hydrogens is 568 g/mol. The van der Waals surface area contributed by atoms with Crippen molar-refractivity contribution in [2.75, 3.05) is 13.1 Å². The van der Waals surface area contributed by atoms with E-state index in [-0.39, 0.29) is 17.2 Å². The second kappa shape index (κ2) is 14.5. The third-order valence-corrected chi connectivity index (χ3v) is 7.66.